The van der Waals surface area contributed by atoms with Gasteiger partial charge in [-0.25, -0.2) is 0 Å². The van der Waals surface area contributed by atoms with Crippen LogP contribution < -0.4 is 0 Å². The average molecular weight is 398 g/mol. The van der Waals surface area contributed by atoms with E-state index in [2.05, 4.69) is 0 Å². The van der Waals surface area contributed by atoms with Crippen molar-refractivity contribution in [2.45, 2.75) is 54.1 Å². The first-order chi connectivity index (χ1) is 10.8. The molecule has 2 rings (SSSR count). The van der Waals surface area contributed by atoms with Crippen LogP contribution in [-0.4, -0.2) is 98.0 Å². The summed E-state index contributed by atoms with van der Waals surface area (Å²) in [5, 5.41) is 48.1. The molecule has 2 saturated heterocycles. The van der Waals surface area contributed by atoms with Crippen LogP contribution in [0, 0.1) is 0 Å². The van der Waals surface area contributed by atoms with Crippen LogP contribution in [0.2, 0.25) is 0 Å². The Morgan fingerprint density at radius 1 is 1.00 bits per heavy atom. The summed E-state index contributed by atoms with van der Waals surface area (Å²) in [5.74, 6) is -2.43. The monoisotopic (exact) mass is 396 g/mol. The number of aliphatic hydroxyl groups is 5. The Morgan fingerprint density at radius 3 is 2.13 bits per heavy atom. The van der Waals surface area contributed by atoms with E-state index in [4.69, 9.17) is 49.0 Å². The Hall–Kier alpha value is 0.550. The summed E-state index contributed by atoms with van der Waals surface area (Å²) in [6.45, 7) is -0.526. The predicted octanol–water partition coefficient (Wildman–Crippen LogP) is -1.66. The van der Waals surface area contributed by atoms with Crippen LogP contribution in [-0.2, 0) is 14.2 Å². The van der Waals surface area contributed by atoms with Crippen LogP contribution in [0.15, 0.2) is 0 Å². The Labute approximate surface area is 147 Å². The van der Waals surface area contributed by atoms with E-state index in [1.165, 1.54) is 0 Å². The van der Waals surface area contributed by atoms with Gasteiger partial charge in [-0.3, -0.25) is 0 Å². The number of halogens is 3. The van der Waals surface area contributed by atoms with Gasteiger partial charge in [-0.2, -0.15) is 0 Å². The van der Waals surface area contributed by atoms with Crippen LogP contribution in [0.1, 0.15) is 0 Å². The van der Waals surface area contributed by atoms with Gasteiger partial charge in [0, 0.05) is 0 Å². The molecule has 0 spiro atoms. The lowest BCUT2D eigenvalue weighted by Gasteiger charge is -2.43. The van der Waals surface area contributed by atoms with E-state index in [-0.39, 0.29) is 5.88 Å². The highest BCUT2D eigenvalue weighted by Crippen LogP contribution is 2.37. The van der Waals surface area contributed by atoms with Gasteiger partial charge in [-0.05, 0) is 0 Å². The summed E-state index contributed by atoms with van der Waals surface area (Å²) in [5.41, 5.74) is 0. The normalized spacial score (nSPS) is 51.1. The van der Waals surface area contributed by atoms with Gasteiger partial charge in [0.25, 0.3) is 0 Å². The molecule has 11 heteroatoms. The van der Waals surface area contributed by atoms with Gasteiger partial charge in [0.05, 0.1) is 23.7 Å². The first kappa shape index (κ1) is 19.9. The van der Waals surface area contributed by atoms with E-state index in [9.17, 15) is 25.5 Å². The van der Waals surface area contributed by atoms with E-state index in [0.717, 1.165) is 0 Å². The highest BCUT2D eigenvalue weighted by atomic mass is 35.5. The van der Waals surface area contributed by atoms with E-state index < -0.39 is 66.6 Å². The molecule has 0 aliphatic carbocycles. The summed E-state index contributed by atoms with van der Waals surface area (Å²) in [6, 6.07) is 0. The quantitative estimate of drug-likeness (QED) is 0.349. The molecule has 8 nitrogen and oxygen atoms in total. The van der Waals surface area contributed by atoms with E-state index in [1.807, 2.05) is 0 Å². The topological polar surface area (TPSA) is 129 Å². The highest BCUT2D eigenvalue weighted by Gasteiger charge is 2.58. The summed E-state index contributed by atoms with van der Waals surface area (Å²) >= 11 is 17.3. The summed E-state index contributed by atoms with van der Waals surface area (Å²) in [4.78, 5) is 0. The highest BCUT2D eigenvalue weighted by molar-refractivity contribution is 6.21. The molecular weight excluding hydrogens is 378 g/mol. The number of aliphatic hydroxyl groups excluding tert-OH is 5. The van der Waals surface area contributed by atoms with Crippen LogP contribution in [0.5, 0.6) is 0 Å². The molecule has 9 atom stereocenters. The van der Waals surface area contributed by atoms with E-state index in [1.54, 1.807) is 0 Å². The number of ether oxygens (including phenoxy) is 3. The third-order valence-electron chi connectivity index (χ3n) is 3.96. The zero-order valence-corrected chi connectivity index (χ0v) is 14.1. The van der Waals surface area contributed by atoms with Crippen molar-refractivity contribution in [2.24, 2.45) is 0 Å². The van der Waals surface area contributed by atoms with Gasteiger partial charge < -0.3 is 39.7 Å². The minimum absolute atomic E-state index is 0.125. The molecule has 0 radical (unpaired) electrons. The SMILES string of the molecule is OC[C@@H]1O[C@H](O[C@]2(CCl)O[C@H](CCl)[C@H](O)[C@@H]2O)[C@H](O)[C@H](O)[C@@H]1Cl. The molecule has 136 valence electrons. The van der Waals surface area contributed by atoms with Gasteiger partial charge in [-0.15, -0.1) is 34.8 Å². The molecule has 2 heterocycles. The molecule has 2 fully saturated rings. The molecule has 2 aliphatic rings. The van der Waals surface area contributed by atoms with Crippen molar-refractivity contribution in [1.82, 2.24) is 0 Å². The molecule has 0 bridgehead atoms. The maximum atomic E-state index is 10.1. The van der Waals surface area contributed by atoms with Crippen molar-refractivity contribution in [3.8, 4) is 0 Å². The van der Waals surface area contributed by atoms with Crippen molar-refractivity contribution in [3.05, 3.63) is 0 Å². The maximum Gasteiger partial charge on any atom is 0.214 e. The van der Waals surface area contributed by atoms with Crippen molar-refractivity contribution in [3.63, 3.8) is 0 Å². The lowest BCUT2D eigenvalue weighted by atomic mass is 10.0. The minimum atomic E-state index is -1.90. The van der Waals surface area contributed by atoms with E-state index in [0.29, 0.717) is 0 Å². The number of hydrogen-bond donors (Lipinski definition) is 5. The molecule has 0 unspecified atom stereocenters. The standard InChI is InChI=1S/C12H19Cl3O8/c13-1-4-7(17)10(20)12(3-14,22-4)23-11-9(19)8(18)6(15)5(2-16)21-11/h4-11,16-20H,1-3H2/t4-,5+,6-,7+,8-,9-,10+,11-,12+/m1/s1. The zero-order chi connectivity index (χ0) is 17.4. The maximum absolute atomic E-state index is 10.1. The van der Waals surface area contributed by atoms with Crippen molar-refractivity contribution >= 4 is 34.8 Å². The third-order valence-corrected chi connectivity index (χ3v) is 5.17. The molecule has 0 aromatic carbocycles. The van der Waals surface area contributed by atoms with Gasteiger partial charge in [0.1, 0.15) is 36.6 Å². The minimum Gasteiger partial charge on any atom is -0.394 e. The van der Waals surface area contributed by atoms with Crippen LogP contribution in [0.3, 0.4) is 0 Å². The second kappa shape index (κ2) is 7.84. The van der Waals surface area contributed by atoms with Gasteiger partial charge in [-0.1, -0.05) is 0 Å². The lowest BCUT2D eigenvalue weighted by molar-refractivity contribution is -0.357. The van der Waals surface area contributed by atoms with Crippen molar-refractivity contribution < 1.29 is 39.7 Å². The Balaban J connectivity index is 2.18. The molecule has 0 amide bonds. The second-order valence-corrected chi connectivity index (χ2v) is 6.54. The smallest absolute Gasteiger partial charge is 0.214 e. The van der Waals surface area contributed by atoms with Crippen molar-refractivity contribution in [1.29, 1.82) is 0 Å². The third kappa shape index (κ3) is 3.58. The van der Waals surface area contributed by atoms with Crippen molar-refractivity contribution in [2.75, 3.05) is 18.4 Å². The first-order valence-electron chi connectivity index (χ1n) is 6.91. The van der Waals surface area contributed by atoms with Crippen LogP contribution >= 0.6 is 34.8 Å². The van der Waals surface area contributed by atoms with E-state index >= 15 is 0 Å². The number of alkyl halides is 3. The first-order valence-corrected chi connectivity index (χ1v) is 8.42. The lowest BCUT2D eigenvalue weighted by Crippen LogP contribution is -2.61. The average Bonchev–Trinajstić information content (AvgIpc) is 2.80. The largest absolute Gasteiger partial charge is 0.394 e. The molecule has 0 saturated carbocycles. The fraction of sp³-hybridized carbons (Fsp3) is 1.00. The fourth-order valence-corrected chi connectivity index (χ4v) is 3.37. The predicted molar refractivity (Wildman–Crippen MR) is 79.5 cm³/mol. The number of hydrogen-bond acceptors (Lipinski definition) is 8. The van der Waals surface area contributed by atoms with Gasteiger partial charge in [0.2, 0.25) is 5.79 Å². The Morgan fingerprint density at radius 2 is 1.65 bits per heavy atom. The molecular formula is C12H19Cl3O8. The summed E-state index contributed by atoms with van der Waals surface area (Å²) in [6.07, 6.45) is -9.39. The van der Waals surface area contributed by atoms with Crippen LogP contribution in [0.25, 0.3) is 0 Å². The summed E-state index contributed by atoms with van der Waals surface area (Å²) in [7, 11) is 0. The summed E-state index contributed by atoms with van der Waals surface area (Å²) < 4.78 is 16.1. The molecule has 0 aromatic heterocycles. The molecule has 23 heavy (non-hydrogen) atoms. The zero-order valence-electron chi connectivity index (χ0n) is 11.8. The van der Waals surface area contributed by atoms with Gasteiger partial charge >= 0.3 is 0 Å². The Kier molecular flexibility index (Phi) is 6.77. The fourth-order valence-electron chi connectivity index (χ4n) is 2.56. The van der Waals surface area contributed by atoms with Crippen LogP contribution in [0.4, 0.5) is 0 Å². The number of rotatable bonds is 5. The molecule has 5 N–H and O–H groups in total. The van der Waals surface area contributed by atoms with Gasteiger partial charge in [0.15, 0.2) is 6.29 Å². The Bertz CT molecular complexity index is 403. The molecule has 0 aromatic rings. The molecule has 2 aliphatic heterocycles. The second-order valence-electron chi connectivity index (χ2n) is 5.46.